The number of nitrogens with one attached hydrogen (secondary N) is 1. The molecule has 0 unspecified atom stereocenters. The molecule has 0 aliphatic carbocycles. The molecule has 1 heterocycles. The molecule has 1 aromatic heterocycles. The minimum absolute atomic E-state index is 0.803. The van der Waals surface area contributed by atoms with Gasteiger partial charge >= 0.3 is 0 Å². The van der Waals surface area contributed by atoms with Crippen LogP contribution in [0.25, 0.3) is 0 Å². The summed E-state index contributed by atoms with van der Waals surface area (Å²) in [6.45, 7) is 2.93. The van der Waals surface area contributed by atoms with Crippen LogP contribution in [-0.2, 0) is 6.54 Å². The predicted molar refractivity (Wildman–Crippen MR) is 69.9 cm³/mol. The van der Waals surface area contributed by atoms with Crippen LogP contribution in [0, 0.1) is 10.5 Å². The van der Waals surface area contributed by atoms with Crippen LogP contribution in [0.3, 0.4) is 0 Å². The Bertz CT molecular complexity index is 437. The lowest BCUT2D eigenvalue weighted by molar-refractivity contribution is 0.564. The zero-order valence-electron chi connectivity index (χ0n) is 8.46. The normalized spacial score (nSPS) is 10.3. The van der Waals surface area contributed by atoms with Gasteiger partial charge in [0.15, 0.2) is 0 Å². The van der Waals surface area contributed by atoms with Gasteiger partial charge in [-0.05, 0) is 53.3 Å². The number of hydrogen-bond donors (Lipinski definition) is 1. The summed E-state index contributed by atoms with van der Waals surface area (Å²) in [7, 11) is 0. The van der Waals surface area contributed by atoms with Crippen LogP contribution in [0.2, 0.25) is 0 Å². The summed E-state index contributed by atoms with van der Waals surface area (Å²) in [5, 5.41) is 3.39. The zero-order valence-corrected chi connectivity index (χ0v) is 10.6. The van der Waals surface area contributed by atoms with Crippen molar-refractivity contribution in [3.8, 4) is 0 Å². The number of benzene rings is 1. The van der Waals surface area contributed by atoms with Gasteiger partial charge < -0.3 is 9.73 Å². The second kappa shape index (κ2) is 4.70. The first-order chi connectivity index (χ1) is 7.27. The Morgan fingerprint density at radius 1 is 1.33 bits per heavy atom. The Balaban J connectivity index is 2.08. The van der Waals surface area contributed by atoms with Gasteiger partial charge in [-0.15, -0.1) is 0 Å². The molecule has 0 atom stereocenters. The molecule has 0 fully saturated rings. The van der Waals surface area contributed by atoms with E-state index in [-0.39, 0.29) is 0 Å². The molecule has 0 saturated heterocycles. The fraction of sp³-hybridized carbons (Fsp3) is 0.167. The Hall–Kier alpha value is -0.970. The summed E-state index contributed by atoms with van der Waals surface area (Å²) in [6, 6.07) is 8.24. The van der Waals surface area contributed by atoms with E-state index in [1.54, 1.807) is 12.5 Å². The Labute approximate surface area is 103 Å². The fourth-order valence-electron chi connectivity index (χ4n) is 1.39. The van der Waals surface area contributed by atoms with Crippen LogP contribution in [0.15, 0.2) is 41.2 Å². The number of rotatable bonds is 3. The van der Waals surface area contributed by atoms with Gasteiger partial charge in [-0.25, -0.2) is 0 Å². The molecule has 0 aliphatic heterocycles. The van der Waals surface area contributed by atoms with Crippen LogP contribution in [0.5, 0.6) is 0 Å². The maximum Gasteiger partial charge on any atom is 0.0952 e. The van der Waals surface area contributed by atoms with Gasteiger partial charge in [-0.2, -0.15) is 0 Å². The molecule has 0 amide bonds. The van der Waals surface area contributed by atoms with Crippen LogP contribution < -0.4 is 5.32 Å². The number of halogens is 1. The lowest BCUT2D eigenvalue weighted by Gasteiger charge is -2.09. The van der Waals surface area contributed by atoms with Gasteiger partial charge in [0, 0.05) is 21.4 Å². The highest BCUT2D eigenvalue weighted by Crippen LogP contribution is 2.20. The first-order valence-corrected chi connectivity index (χ1v) is 5.85. The van der Waals surface area contributed by atoms with Gasteiger partial charge in [0.1, 0.15) is 0 Å². The lowest BCUT2D eigenvalue weighted by atomic mass is 10.2. The quantitative estimate of drug-likeness (QED) is 0.872. The first kappa shape index (κ1) is 10.5. The Kier molecular flexibility index (Phi) is 3.30. The van der Waals surface area contributed by atoms with Crippen molar-refractivity contribution in [1.82, 2.24) is 0 Å². The summed E-state index contributed by atoms with van der Waals surface area (Å²) in [4.78, 5) is 0. The Morgan fingerprint density at radius 2 is 2.20 bits per heavy atom. The molecule has 2 nitrogen and oxygen atoms in total. The smallest absolute Gasteiger partial charge is 0.0952 e. The summed E-state index contributed by atoms with van der Waals surface area (Å²) in [6.07, 6.45) is 3.45. The molecule has 0 saturated carbocycles. The molecule has 0 spiro atoms. The van der Waals surface area contributed by atoms with E-state index in [2.05, 4.69) is 53.0 Å². The Morgan fingerprint density at radius 3 is 2.93 bits per heavy atom. The van der Waals surface area contributed by atoms with Crippen LogP contribution in [0.4, 0.5) is 5.69 Å². The molecule has 15 heavy (non-hydrogen) atoms. The maximum atomic E-state index is 5.02. The average Bonchev–Trinajstić information content (AvgIpc) is 2.73. The number of furan rings is 1. The zero-order chi connectivity index (χ0) is 10.7. The average molecular weight is 313 g/mol. The van der Waals surface area contributed by atoms with E-state index in [1.807, 2.05) is 6.07 Å². The van der Waals surface area contributed by atoms with Crippen molar-refractivity contribution >= 4 is 28.3 Å². The van der Waals surface area contributed by atoms with Crippen molar-refractivity contribution in [2.45, 2.75) is 13.5 Å². The van der Waals surface area contributed by atoms with Gasteiger partial charge in [-0.1, -0.05) is 6.07 Å². The topological polar surface area (TPSA) is 25.2 Å². The molecule has 2 aromatic rings. The third-order valence-corrected chi connectivity index (χ3v) is 3.50. The molecule has 0 radical (unpaired) electrons. The third-order valence-electron chi connectivity index (χ3n) is 2.33. The van der Waals surface area contributed by atoms with Crippen molar-refractivity contribution < 1.29 is 4.42 Å². The van der Waals surface area contributed by atoms with Gasteiger partial charge in [0.25, 0.3) is 0 Å². The lowest BCUT2D eigenvalue weighted by Crippen LogP contribution is -2.00. The highest BCUT2D eigenvalue weighted by atomic mass is 127. The predicted octanol–water partition coefficient (Wildman–Crippen LogP) is 3.80. The molecule has 3 heteroatoms. The van der Waals surface area contributed by atoms with Crippen molar-refractivity contribution in [1.29, 1.82) is 0 Å². The van der Waals surface area contributed by atoms with E-state index < -0.39 is 0 Å². The SMILES string of the molecule is Cc1c(I)cccc1NCc1ccoc1. The largest absolute Gasteiger partial charge is 0.472 e. The maximum absolute atomic E-state index is 5.02. The summed E-state index contributed by atoms with van der Waals surface area (Å²) >= 11 is 2.34. The second-order valence-corrected chi connectivity index (χ2v) is 4.56. The third kappa shape index (κ3) is 2.53. The van der Waals surface area contributed by atoms with E-state index in [9.17, 15) is 0 Å². The molecular formula is C12H12INO. The highest BCUT2D eigenvalue weighted by molar-refractivity contribution is 14.1. The summed E-state index contributed by atoms with van der Waals surface area (Å²) < 4.78 is 6.30. The number of hydrogen-bond acceptors (Lipinski definition) is 2. The second-order valence-electron chi connectivity index (χ2n) is 3.40. The van der Waals surface area contributed by atoms with Gasteiger partial charge in [-0.3, -0.25) is 0 Å². The standard InChI is InChI=1S/C12H12INO/c1-9-11(13)3-2-4-12(9)14-7-10-5-6-15-8-10/h2-6,8,14H,7H2,1H3. The molecular weight excluding hydrogens is 301 g/mol. The molecule has 78 valence electrons. The fourth-order valence-corrected chi connectivity index (χ4v) is 1.89. The van der Waals surface area contributed by atoms with Crippen LogP contribution in [-0.4, -0.2) is 0 Å². The minimum Gasteiger partial charge on any atom is -0.472 e. The monoisotopic (exact) mass is 313 g/mol. The van der Waals surface area contributed by atoms with E-state index >= 15 is 0 Å². The van der Waals surface area contributed by atoms with Crippen LogP contribution >= 0.6 is 22.6 Å². The highest BCUT2D eigenvalue weighted by Gasteiger charge is 2.01. The van der Waals surface area contributed by atoms with E-state index in [0.717, 1.165) is 12.1 Å². The number of anilines is 1. The first-order valence-electron chi connectivity index (χ1n) is 4.77. The van der Waals surface area contributed by atoms with Gasteiger partial charge in [0.2, 0.25) is 0 Å². The van der Waals surface area contributed by atoms with Crippen molar-refractivity contribution in [2.75, 3.05) is 5.32 Å². The van der Waals surface area contributed by atoms with E-state index in [1.165, 1.54) is 14.8 Å². The molecule has 2 rings (SSSR count). The van der Waals surface area contributed by atoms with Gasteiger partial charge in [0.05, 0.1) is 12.5 Å². The molecule has 1 N–H and O–H groups in total. The molecule has 0 aliphatic rings. The van der Waals surface area contributed by atoms with Crippen molar-refractivity contribution in [3.05, 3.63) is 51.5 Å². The van der Waals surface area contributed by atoms with E-state index in [4.69, 9.17) is 4.42 Å². The minimum atomic E-state index is 0.803. The van der Waals surface area contributed by atoms with Crippen LogP contribution in [0.1, 0.15) is 11.1 Å². The molecule has 0 bridgehead atoms. The summed E-state index contributed by atoms with van der Waals surface area (Å²) in [5.74, 6) is 0. The van der Waals surface area contributed by atoms with E-state index in [0.29, 0.717) is 0 Å². The van der Waals surface area contributed by atoms with Crippen molar-refractivity contribution in [3.63, 3.8) is 0 Å². The summed E-state index contributed by atoms with van der Waals surface area (Å²) in [5.41, 5.74) is 3.64. The van der Waals surface area contributed by atoms with Crippen molar-refractivity contribution in [2.24, 2.45) is 0 Å². The molecule has 1 aromatic carbocycles.